The summed E-state index contributed by atoms with van der Waals surface area (Å²) in [6, 6.07) is 2.87. The number of aromatic nitrogens is 5. The van der Waals surface area contributed by atoms with E-state index < -0.39 is 19.6 Å². The van der Waals surface area contributed by atoms with Gasteiger partial charge in [-0.3, -0.25) is 4.79 Å². The summed E-state index contributed by atoms with van der Waals surface area (Å²) in [7, 11) is -1.23. The van der Waals surface area contributed by atoms with E-state index in [9.17, 15) is 9.59 Å². The molecule has 0 fully saturated rings. The third-order valence-electron chi connectivity index (χ3n) is 5.34. The Morgan fingerprint density at radius 1 is 1.13 bits per heavy atom. The summed E-state index contributed by atoms with van der Waals surface area (Å²) in [6.45, 7) is 15.6. The summed E-state index contributed by atoms with van der Waals surface area (Å²) in [5, 5.41) is 4.23. The molecule has 0 unspecified atom stereocenters. The van der Waals surface area contributed by atoms with E-state index in [0.29, 0.717) is 42.0 Å². The number of esters is 2. The number of hydrogen-bond acceptors (Lipinski definition) is 9. The highest BCUT2D eigenvalue weighted by Crippen LogP contribution is 2.26. The predicted octanol–water partition coefficient (Wildman–Crippen LogP) is 4.61. The molecule has 0 aromatic carbocycles. The molecule has 0 aliphatic rings. The summed E-state index contributed by atoms with van der Waals surface area (Å²) in [4.78, 5) is 33.4. The van der Waals surface area contributed by atoms with Crippen molar-refractivity contribution in [2.24, 2.45) is 0 Å². The molecule has 11 nitrogen and oxygen atoms in total. The van der Waals surface area contributed by atoms with Gasteiger partial charge in [0.05, 0.1) is 23.9 Å². The molecule has 208 valence electrons. The molecule has 3 rings (SSSR count). The normalized spacial score (nSPS) is 12.1. The van der Waals surface area contributed by atoms with Crippen molar-refractivity contribution in [3.05, 3.63) is 30.2 Å². The molecule has 0 amide bonds. The standard InChI is InChI=1S/C26H39N5O6Si/c1-8-35-24(33)19-16-27-31(17-19)25-28-20-11-13-30(12-9-10-21(32)37-26(2,3)4)22(20)23(29-25)36-18-34-14-15-38(5,6)7/h11,13,16-17H,8-10,12,14-15,18H2,1-7H3. The number of rotatable bonds is 13. The van der Waals surface area contributed by atoms with Crippen LogP contribution in [-0.2, 0) is 25.5 Å². The molecule has 0 atom stereocenters. The average Bonchev–Trinajstić information content (AvgIpc) is 3.45. The zero-order valence-corrected chi connectivity index (χ0v) is 24.4. The molecular formula is C26H39N5O6Si. The lowest BCUT2D eigenvalue weighted by molar-refractivity contribution is -0.154. The van der Waals surface area contributed by atoms with Crippen molar-refractivity contribution in [2.75, 3.05) is 20.0 Å². The Balaban J connectivity index is 1.82. The van der Waals surface area contributed by atoms with Crippen LogP contribution in [0.4, 0.5) is 0 Å². The number of aryl methyl sites for hydroxylation is 1. The lowest BCUT2D eigenvalue weighted by Crippen LogP contribution is -2.23. The van der Waals surface area contributed by atoms with Crippen LogP contribution in [0.25, 0.3) is 17.0 Å². The van der Waals surface area contributed by atoms with Crippen molar-refractivity contribution in [3.63, 3.8) is 0 Å². The number of hydrogen-bond donors (Lipinski definition) is 0. The predicted molar refractivity (Wildman–Crippen MR) is 145 cm³/mol. The minimum absolute atomic E-state index is 0.0340. The van der Waals surface area contributed by atoms with E-state index in [4.69, 9.17) is 18.9 Å². The molecule has 12 heteroatoms. The lowest BCUT2D eigenvalue weighted by Gasteiger charge is -2.19. The minimum atomic E-state index is -1.23. The van der Waals surface area contributed by atoms with Gasteiger partial charge in [-0.1, -0.05) is 19.6 Å². The van der Waals surface area contributed by atoms with Crippen molar-refractivity contribution in [1.29, 1.82) is 0 Å². The molecule has 3 heterocycles. The molecule has 0 bridgehead atoms. The Morgan fingerprint density at radius 2 is 1.89 bits per heavy atom. The van der Waals surface area contributed by atoms with Crippen molar-refractivity contribution in [3.8, 4) is 11.8 Å². The second-order valence-corrected chi connectivity index (χ2v) is 16.8. The SMILES string of the molecule is CCOC(=O)c1cnn(-c2nc(OCOCC[Si](C)(C)C)c3c(ccn3CCCC(=O)OC(C)(C)C)n2)c1. The fourth-order valence-corrected chi connectivity index (χ4v) is 4.28. The Kier molecular flexibility index (Phi) is 9.66. The Bertz CT molecular complexity index is 1240. The molecule has 0 saturated carbocycles. The van der Waals surface area contributed by atoms with E-state index in [0.717, 1.165) is 6.04 Å². The van der Waals surface area contributed by atoms with Gasteiger partial charge in [-0.05, 0) is 46.2 Å². The van der Waals surface area contributed by atoms with E-state index >= 15 is 0 Å². The summed E-state index contributed by atoms with van der Waals surface area (Å²) in [5.74, 6) is -0.135. The fourth-order valence-electron chi connectivity index (χ4n) is 3.52. The first kappa shape index (κ1) is 29.3. The lowest BCUT2D eigenvalue weighted by atomic mass is 10.2. The molecule has 0 N–H and O–H groups in total. The van der Waals surface area contributed by atoms with Gasteiger partial charge in [0.2, 0.25) is 5.88 Å². The van der Waals surface area contributed by atoms with Gasteiger partial charge in [0.15, 0.2) is 6.79 Å². The maximum Gasteiger partial charge on any atom is 0.341 e. The molecule has 3 aromatic heterocycles. The topological polar surface area (TPSA) is 120 Å². The fraction of sp³-hybridized carbons (Fsp3) is 0.577. The summed E-state index contributed by atoms with van der Waals surface area (Å²) < 4.78 is 25.5. The van der Waals surface area contributed by atoms with Crippen LogP contribution in [0.5, 0.6) is 5.88 Å². The van der Waals surface area contributed by atoms with E-state index in [1.54, 1.807) is 6.92 Å². The van der Waals surface area contributed by atoms with Gasteiger partial charge in [-0.2, -0.15) is 10.1 Å². The van der Waals surface area contributed by atoms with Crippen LogP contribution in [0.2, 0.25) is 25.7 Å². The zero-order chi connectivity index (χ0) is 27.9. The molecule has 0 spiro atoms. The smallest absolute Gasteiger partial charge is 0.341 e. The van der Waals surface area contributed by atoms with E-state index in [-0.39, 0.29) is 31.7 Å². The average molecular weight is 546 g/mol. The van der Waals surface area contributed by atoms with E-state index in [1.807, 2.05) is 37.6 Å². The third kappa shape index (κ3) is 8.66. The first-order valence-electron chi connectivity index (χ1n) is 12.9. The monoisotopic (exact) mass is 545 g/mol. The summed E-state index contributed by atoms with van der Waals surface area (Å²) in [6.07, 6.45) is 5.67. The van der Waals surface area contributed by atoms with Gasteiger partial charge in [0, 0.05) is 40.0 Å². The maximum atomic E-state index is 12.1. The maximum absolute atomic E-state index is 12.1. The molecule has 0 aliphatic heterocycles. The van der Waals surface area contributed by atoms with Crippen LogP contribution in [0.1, 0.15) is 50.9 Å². The van der Waals surface area contributed by atoms with Crippen LogP contribution in [0.15, 0.2) is 24.7 Å². The Labute approximate surface area is 224 Å². The van der Waals surface area contributed by atoms with Crippen molar-refractivity contribution in [2.45, 2.75) is 78.4 Å². The van der Waals surface area contributed by atoms with Gasteiger partial charge in [-0.25, -0.2) is 14.5 Å². The first-order chi connectivity index (χ1) is 17.9. The summed E-state index contributed by atoms with van der Waals surface area (Å²) >= 11 is 0. The van der Waals surface area contributed by atoms with Crippen molar-refractivity contribution in [1.82, 2.24) is 24.3 Å². The van der Waals surface area contributed by atoms with Crippen LogP contribution in [0.3, 0.4) is 0 Å². The Morgan fingerprint density at radius 3 is 2.58 bits per heavy atom. The highest BCUT2D eigenvalue weighted by Gasteiger charge is 2.19. The largest absolute Gasteiger partial charge is 0.462 e. The van der Waals surface area contributed by atoms with Crippen LogP contribution in [-0.4, -0.2) is 69.9 Å². The van der Waals surface area contributed by atoms with Crippen molar-refractivity contribution < 1.29 is 28.5 Å². The van der Waals surface area contributed by atoms with Gasteiger partial charge in [-0.15, -0.1) is 0 Å². The molecule has 0 saturated heterocycles. The van der Waals surface area contributed by atoms with Crippen LogP contribution >= 0.6 is 0 Å². The zero-order valence-electron chi connectivity index (χ0n) is 23.4. The highest BCUT2D eigenvalue weighted by molar-refractivity contribution is 6.76. The second kappa shape index (κ2) is 12.5. The van der Waals surface area contributed by atoms with Gasteiger partial charge in [0.1, 0.15) is 11.1 Å². The highest BCUT2D eigenvalue weighted by atomic mass is 28.3. The Hall–Kier alpha value is -3.25. The van der Waals surface area contributed by atoms with Gasteiger partial charge < -0.3 is 23.5 Å². The molecular weight excluding hydrogens is 506 g/mol. The number of carbonyl (C=O) groups excluding carboxylic acids is 2. The van der Waals surface area contributed by atoms with Gasteiger partial charge in [0.25, 0.3) is 5.95 Å². The first-order valence-corrected chi connectivity index (χ1v) is 16.6. The van der Waals surface area contributed by atoms with Gasteiger partial charge >= 0.3 is 11.9 Å². The van der Waals surface area contributed by atoms with Crippen LogP contribution < -0.4 is 4.74 Å². The third-order valence-corrected chi connectivity index (χ3v) is 7.04. The molecule has 38 heavy (non-hydrogen) atoms. The summed E-state index contributed by atoms with van der Waals surface area (Å²) in [5.41, 5.74) is 1.10. The number of carbonyl (C=O) groups is 2. The minimum Gasteiger partial charge on any atom is -0.462 e. The number of nitrogens with zero attached hydrogens (tertiary/aromatic N) is 5. The molecule has 3 aromatic rings. The quantitative estimate of drug-likeness (QED) is 0.131. The van der Waals surface area contributed by atoms with E-state index in [1.165, 1.54) is 17.1 Å². The molecule has 0 aliphatic carbocycles. The second-order valence-electron chi connectivity index (χ2n) is 11.1. The molecule has 0 radical (unpaired) electrons. The number of fused-ring (bicyclic) bond motifs is 1. The van der Waals surface area contributed by atoms with Crippen LogP contribution in [0, 0.1) is 0 Å². The van der Waals surface area contributed by atoms with E-state index in [2.05, 4.69) is 34.7 Å². The number of ether oxygens (including phenoxy) is 4. The van der Waals surface area contributed by atoms with Crippen molar-refractivity contribution >= 4 is 31.0 Å².